The molecule has 23 heavy (non-hydrogen) atoms. The number of allylic oxidation sites excluding steroid dienone is 10. The molecular weight excluding hydrogens is 276 g/mol. The van der Waals surface area contributed by atoms with Gasteiger partial charge in [0.1, 0.15) is 0 Å². The standard InChI is InChI=1S/C23H38/c1-3-5-7-9-11-13-15-17-19-21-23-22-20-18-16-14-12-10-8-6-4-2/h9,11-12,14-15,17-18,20-21,23H,3-8,10,13,16,19,22H2,1-2H3. The van der Waals surface area contributed by atoms with E-state index in [2.05, 4.69) is 74.6 Å². The average molecular weight is 315 g/mol. The molecule has 0 heteroatoms. The molecular formula is C23H38. The minimum atomic E-state index is 1.05. The van der Waals surface area contributed by atoms with Crippen molar-refractivity contribution in [2.24, 2.45) is 0 Å². The summed E-state index contributed by atoms with van der Waals surface area (Å²) in [4.78, 5) is 0. The molecule has 0 atom stereocenters. The van der Waals surface area contributed by atoms with Crippen LogP contribution in [0.4, 0.5) is 0 Å². The Morgan fingerprint density at radius 1 is 0.391 bits per heavy atom. The Morgan fingerprint density at radius 3 is 1.13 bits per heavy atom. The zero-order valence-corrected chi connectivity index (χ0v) is 15.6. The maximum Gasteiger partial charge on any atom is -0.0169 e. The Morgan fingerprint density at radius 2 is 0.739 bits per heavy atom. The van der Waals surface area contributed by atoms with Crippen LogP contribution in [0.2, 0.25) is 0 Å². The Bertz CT molecular complexity index is 352. The van der Waals surface area contributed by atoms with Gasteiger partial charge in [-0.1, -0.05) is 100 Å². The van der Waals surface area contributed by atoms with E-state index in [-0.39, 0.29) is 0 Å². The van der Waals surface area contributed by atoms with Gasteiger partial charge in [-0.25, -0.2) is 0 Å². The van der Waals surface area contributed by atoms with Gasteiger partial charge in [-0.2, -0.15) is 0 Å². The molecule has 0 aromatic carbocycles. The van der Waals surface area contributed by atoms with Crippen molar-refractivity contribution in [3.63, 3.8) is 0 Å². The van der Waals surface area contributed by atoms with Crippen molar-refractivity contribution in [1.82, 2.24) is 0 Å². The second-order valence-corrected chi connectivity index (χ2v) is 5.94. The SMILES string of the molecule is CCCCC=CCC=CCC=CCC=CCC=CCCCCC. The van der Waals surface area contributed by atoms with Crippen LogP contribution in [0, 0.1) is 0 Å². The summed E-state index contributed by atoms with van der Waals surface area (Å²) in [6, 6.07) is 0. The van der Waals surface area contributed by atoms with E-state index in [1.807, 2.05) is 0 Å². The molecule has 0 saturated carbocycles. The summed E-state index contributed by atoms with van der Waals surface area (Å²) in [5.74, 6) is 0. The van der Waals surface area contributed by atoms with E-state index in [1.54, 1.807) is 0 Å². The van der Waals surface area contributed by atoms with Crippen molar-refractivity contribution in [3.8, 4) is 0 Å². The minimum Gasteiger partial charge on any atom is -0.0882 e. The molecule has 0 radical (unpaired) electrons. The third-order valence-electron chi connectivity index (χ3n) is 3.62. The monoisotopic (exact) mass is 314 g/mol. The lowest BCUT2D eigenvalue weighted by molar-refractivity contribution is 0.728. The Hall–Kier alpha value is -1.30. The average Bonchev–Trinajstić information content (AvgIpc) is 2.57. The predicted octanol–water partition coefficient (Wildman–Crippen LogP) is 8.10. The van der Waals surface area contributed by atoms with Gasteiger partial charge in [0, 0.05) is 0 Å². The first-order valence-corrected chi connectivity index (χ1v) is 9.66. The van der Waals surface area contributed by atoms with Crippen LogP contribution in [-0.4, -0.2) is 0 Å². The zero-order valence-electron chi connectivity index (χ0n) is 15.6. The van der Waals surface area contributed by atoms with Gasteiger partial charge >= 0.3 is 0 Å². The number of unbranched alkanes of at least 4 members (excludes halogenated alkanes) is 5. The van der Waals surface area contributed by atoms with E-state index in [0.29, 0.717) is 0 Å². The maximum atomic E-state index is 2.32. The fourth-order valence-electron chi connectivity index (χ4n) is 2.15. The minimum absolute atomic E-state index is 1.05. The van der Waals surface area contributed by atoms with Crippen molar-refractivity contribution in [2.75, 3.05) is 0 Å². The molecule has 0 bridgehead atoms. The summed E-state index contributed by atoms with van der Waals surface area (Å²) in [6.45, 7) is 4.49. The van der Waals surface area contributed by atoms with Gasteiger partial charge < -0.3 is 0 Å². The summed E-state index contributed by atoms with van der Waals surface area (Å²) in [7, 11) is 0. The highest BCUT2D eigenvalue weighted by Crippen LogP contribution is 2.01. The van der Waals surface area contributed by atoms with Crippen molar-refractivity contribution >= 4 is 0 Å². The van der Waals surface area contributed by atoms with E-state index in [9.17, 15) is 0 Å². The van der Waals surface area contributed by atoms with Crippen LogP contribution in [-0.2, 0) is 0 Å². The summed E-state index contributed by atoms with van der Waals surface area (Å²) >= 11 is 0. The van der Waals surface area contributed by atoms with Gasteiger partial charge in [-0.15, -0.1) is 0 Å². The third-order valence-corrected chi connectivity index (χ3v) is 3.62. The Labute approximate surface area is 145 Å². The molecule has 0 heterocycles. The van der Waals surface area contributed by atoms with Crippen LogP contribution >= 0.6 is 0 Å². The van der Waals surface area contributed by atoms with Crippen LogP contribution in [0.5, 0.6) is 0 Å². The second kappa shape index (κ2) is 20.7. The number of rotatable bonds is 15. The lowest BCUT2D eigenvalue weighted by atomic mass is 10.2. The van der Waals surface area contributed by atoms with Crippen LogP contribution < -0.4 is 0 Å². The van der Waals surface area contributed by atoms with Gasteiger partial charge in [0.25, 0.3) is 0 Å². The summed E-state index contributed by atoms with van der Waals surface area (Å²) < 4.78 is 0. The quantitative estimate of drug-likeness (QED) is 0.211. The molecule has 0 aromatic rings. The Kier molecular flexibility index (Phi) is 19.5. The molecule has 0 nitrogen and oxygen atoms in total. The molecule has 0 unspecified atom stereocenters. The van der Waals surface area contributed by atoms with E-state index >= 15 is 0 Å². The van der Waals surface area contributed by atoms with Gasteiger partial charge in [0.15, 0.2) is 0 Å². The van der Waals surface area contributed by atoms with E-state index in [4.69, 9.17) is 0 Å². The highest BCUT2D eigenvalue weighted by Gasteiger charge is 1.81. The number of hydrogen-bond donors (Lipinski definition) is 0. The summed E-state index contributed by atoms with van der Waals surface area (Å²) in [5.41, 5.74) is 0. The number of hydrogen-bond acceptors (Lipinski definition) is 0. The third kappa shape index (κ3) is 20.7. The van der Waals surface area contributed by atoms with Crippen molar-refractivity contribution in [1.29, 1.82) is 0 Å². The van der Waals surface area contributed by atoms with Crippen LogP contribution in [0.15, 0.2) is 60.8 Å². The topological polar surface area (TPSA) is 0 Å². The van der Waals surface area contributed by atoms with Gasteiger partial charge in [0.05, 0.1) is 0 Å². The van der Waals surface area contributed by atoms with Gasteiger partial charge in [-0.3, -0.25) is 0 Å². The van der Waals surface area contributed by atoms with E-state index in [0.717, 1.165) is 25.7 Å². The molecule has 0 amide bonds. The van der Waals surface area contributed by atoms with Crippen LogP contribution in [0.25, 0.3) is 0 Å². The smallest absolute Gasteiger partial charge is 0.0169 e. The molecule has 0 fully saturated rings. The van der Waals surface area contributed by atoms with Crippen molar-refractivity contribution in [2.45, 2.75) is 84.5 Å². The van der Waals surface area contributed by atoms with Gasteiger partial charge in [0.2, 0.25) is 0 Å². The second-order valence-electron chi connectivity index (χ2n) is 5.94. The predicted molar refractivity (Wildman–Crippen MR) is 108 cm³/mol. The lowest BCUT2D eigenvalue weighted by Crippen LogP contribution is -1.70. The first-order valence-electron chi connectivity index (χ1n) is 9.66. The molecule has 0 rings (SSSR count). The molecule has 0 N–H and O–H groups in total. The molecule has 0 saturated heterocycles. The molecule has 0 aliphatic carbocycles. The largest absolute Gasteiger partial charge is 0.0882 e. The fraction of sp³-hybridized carbons (Fsp3) is 0.565. The first-order chi connectivity index (χ1) is 11.4. The van der Waals surface area contributed by atoms with E-state index in [1.165, 1.54) is 44.9 Å². The van der Waals surface area contributed by atoms with Crippen molar-refractivity contribution < 1.29 is 0 Å². The molecule has 0 aromatic heterocycles. The van der Waals surface area contributed by atoms with Gasteiger partial charge in [-0.05, 0) is 44.9 Å². The normalized spacial score (nSPS) is 13.0. The highest BCUT2D eigenvalue weighted by atomic mass is 13.9. The molecule has 0 aliphatic heterocycles. The molecule has 130 valence electrons. The molecule has 0 spiro atoms. The lowest BCUT2D eigenvalue weighted by Gasteiger charge is -1.90. The van der Waals surface area contributed by atoms with Crippen molar-refractivity contribution in [3.05, 3.63) is 60.8 Å². The first kappa shape index (κ1) is 21.7. The summed E-state index contributed by atoms with van der Waals surface area (Å²) in [6.07, 6.45) is 36.0. The zero-order chi connectivity index (χ0) is 16.8. The van der Waals surface area contributed by atoms with Crippen LogP contribution in [0.3, 0.4) is 0 Å². The Balaban J connectivity index is 3.42. The summed E-state index contributed by atoms with van der Waals surface area (Å²) in [5, 5.41) is 0. The fourth-order valence-corrected chi connectivity index (χ4v) is 2.15. The maximum absolute atomic E-state index is 2.32. The van der Waals surface area contributed by atoms with Crippen LogP contribution in [0.1, 0.15) is 84.5 Å². The van der Waals surface area contributed by atoms with E-state index < -0.39 is 0 Å². The highest BCUT2D eigenvalue weighted by molar-refractivity contribution is 5.00. The molecule has 0 aliphatic rings.